The molecule has 0 radical (unpaired) electrons. The molecule has 2 rings (SSSR count). The number of hydrogen-bond acceptors (Lipinski definition) is 4. The largest absolute Gasteiger partial charge is 0.416 e. The fourth-order valence-corrected chi connectivity index (χ4v) is 2.58. The Morgan fingerprint density at radius 2 is 2.16 bits per heavy atom. The molecule has 3 nitrogen and oxygen atoms in total. The van der Waals surface area contributed by atoms with Crippen molar-refractivity contribution in [3.05, 3.63) is 52.0 Å². The maximum Gasteiger partial charge on any atom is 0.416 e. The van der Waals surface area contributed by atoms with Gasteiger partial charge in [0.15, 0.2) is 0 Å². The number of nitrogens with zero attached hydrogens (tertiary/aromatic N) is 1. The van der Waals surface area contributed by atoms with Crippen LogP contribution in [0.15, 0.2) is 36.0 Å². The molecule has 7 heteroatoms. The van der Waals surface area contributed by atoms with Crippen molar-refractivity contribution < 1.29 is 13.2 Å². The van der Waals surface area contributed by atoms with Crippen molar-refractivity contribution in [2.45, 2.75) is 18.6 Å². The van der Waals surface area contributed by atoms with Crippen molar-refractivity contribution >= 4 is 11.3 Å². The van der Waals surface area contributed by atoms with Crippen molar-refractivity contribution in [1.82, 2.24) is 10.4 Å². The fraction of sp³-hybridized carbons (Fsp3) is 0.250. The summed E-state index contributed by atoms with van der Waals surface area (Å²) in [5.74, 6) is 5.39. The molecule has 0 saturated heterocycles. The van der Waals surface area contributed by atoms with Crippen LogP contribution in [0, 0.1) is 0 Å². The number of hydrogen-bond donors (Lipinski definition) is 2. The Balaban J connectivity index is 2.33. The first-order valence-corrected chi connectivity index (χ1v) is 6.40. The Morgan fingerprint density at radius 3 is 2.74 bits per heavy atom. The maximum absolute atomic E-state index is 12.9. The van der Waals surface area contributed by atoms with Crippen LogP contribution in [-0.2, 0) is 12.6 Å². The summed E-state index contributed by atoms with van der Waals surface area (Å²) in [6.45, 7) is 0. The minimum absolute atomic E-state index is 0.0610. The molecule has 0 aliphatic carbocycles. The van der Waals surface area contributed by atoms with E-state index in [1.54, 1.807) is 0 Å². The monoisotopic (exact) mass is 287 g/mol. The van der Waals surface area contributed by atoms with E-state index in [0.29, 0.717) is 6.42 Å². The number of thiophene rings is 1. The molecule has 0 aliphatic heterocycles. The number of alkyl halides is 3. The lowest BCUT2D eigenvalue weighted by Gasteiger charge is -2.20. The molecule has 0 aromatic carbocycles. The molecule has 0 spiro atoms. The molecule has 19 heavy (non-hydrogen) atoms. The van der Waals surface area contributed by atoms with E-state index in [4.69, 9.17) is 5.84 Å². The first kappa shape index (κ1) is 14.0. The molecular formula is C12H12F3N3S. The summed E-state index contributed by atoms with van der Waals surface area (Å²) >= 11 is 1.48. The van der Waals surface area contributed by atoms with E-state index in [9.17, 15) is 13.2 Å². The highest BCUT2D eigenvalue weighted by atomic mass is 32.1. The van der Waals surface area contributed by atoms with Crippen molar-refractivity contribution in [3.63, 3.8) is 0 Å². The normalized spacial score (nSPS) is 13.5. The molecule has 0 fully saturated rings. The van der Waals surface area contributed by atoms with Gasteiger partial charge < -0.3 is 0 Å². The van der Waals surface area contributed by atoms with Gasteiger partial charge in [0.1, 0.15) is 0 Å². The molecule has 2 heterocycles. The maximum atomic E-state index is 12.9. The second kappa shape index (κ2) is 5.68. The van der Waals surface area contributed by atoms with Crippen molar-refractivity contribution in [3.8, 4) is 0 Å². The van der Waals surface area contributed by atoms with Crippen LogP contribution < -0.4 is 11.3 Å². The standard InChI is InChI=1S/C12H12F3N3S/c13-12(14,15)10-3-4-17-7-9(10)11(18-16)6-8-2-1-5-19-8/h1-5,7,11,18H,6,16H2. The molecule has 2 aromatic rings. The average Bonchev–Trinajstić information content (AvgIpc) is 2.88. The minimum Gasteiger partial charge on any atom is -0.271 e. The first-order chi connectivity index (χ1) is 9.02. The van der Waals surface area contributed by atoms with Gasteiger partial charge in [0.25, 0.3) is 0 Å². The molecule has 0 bridgehead atoms. The molecular weight excluding hydrogens is 275 g/mol. The molecule has 3 N–H and O–H groups in total. The number of rotatable bonds is 4. The summed E-state index contributed by atoms with van der Waals surface area (Å²) in [4.78, 5) is 4.72. The van der Waals surface area contributed by atoms with Gasteiger partial charge in [0.2, 0.25) is 0 Å². The number of hydrazine groups is 1. The van der Waals surface area contributed by atoms with Crippen molar-refractivity contribution in [1.29, 1.82) is 0 Å². The summed E-state index contributed by atoms with van der Waals surface area (Å²) in [6, 6.07) is 4.05. The van der Waals surface area contributed by atoms with Crippen LogP contribution in [0.3, 0.4) is 0 Å². The van der Waals surface area contributed by atoms with Gasteiger partial charge >= 0.3 is 6.18 Å². The quantitative estimate of drug-likeness (QED) is 0.671. The number of pyridine rings is 1. The Kier molecular flexibility index (Phi) is 4.18. The van der Waals surface area contributed by atoms with E-state index < -0.39 is 17.8 Å². The van der Waals surface area contributed by atoms with Gasteiger partial charge in [0, 0.05) is 29.3 Å². The zero-order chi connectivity index (χ0) is 13.9. The predicted octanol–water partition coefficient (Wildman–Crippen LogP) is 2.91. The zero-order valence-electron chi connectivity index (χ0n) is 9.82. The minimum atomic E-state index is -4.41. The lowest BCUT2D eigenvalue weighted by molar-refractivity contribution is -0.138. The smallest absolute Gasteiger partial charge is 0.271 e. The van der Waals surface area contributed by atoms with Crippen LogP contribution in [0.2, 0.25) is 0 Å². The van der Waals surface area contributed by atoms with Crippen molar-refractivity contribution in [2.75, 3.05) is 0 Å². The molecule has 0 amide bonds. The van der Waals surface area contributed by atoms with Gasteiger partial charge in [-0.1, -0.05) is 6.07 Å². The van der Waals surface area contributed by atoms with Gasteiger partial charge in [0.05, 0.1) is 11.6 Å². The summed E-state index contributed by atoms with van der Waals surface area (Å²) in [6.07, 6.45) is -1.68. The van der Waals surface area contributed by atoms with E-state index in [-0.39, 0.29) is 5.56 Å². The highest BCUT2D eigenvalue weighted by Crippen LogP contribution is 2.35. The third kappa shape index (κ3) is 3.31. The average molecular weight is 287 g/mol. The van der Waals surface area contributed by atoms with Gasteiger partial charge in [-0.2, -0.15) is 13.2 Å². The Bertz CT molecular complexity index is 525. The second-order valence-corrected chi connectivity index (χ2v) is 5.00. The molecule has 1 unspecified atom stereocenters. The highest BCUT2D eigenvalue weighted by molar-refractivity contribution is 7.09. The van der Waals surface area contributed by atoms with Crippen LogP contribution in [0.5, 0.6) is 0 Å². The van der Waals surface area contributed by atoms with Crippen molar-refractivity contribution in [2.24, 2.45) is 5.84 Å². The predicted molar refractivity (Wildman–Crippen MR) is 67.3 cm³/mol. The molecule has 102 valence electrons. The van der Waals surface area contributed by atoms with Gasteiger partial charge in [-0.15, -0.1) is 11.3 Å². The first-order valence-electron chi connectivity index (χ1n) is 5.52. The second-order valence-electron chi connectivity index (χ2n) is 3.96. The van der Waals surface area contributed by atoms with Gasteiger partial charge in [-0.05, 0) is 17.5 Å². The lowest BCUT2D eigenvalue weighted by Crippen LogP contribution is -2.31. The third-order valence-corrected chi connectivity index (χ3v) is 3.62. The SMILES string of the molecule is NNC(Cc1cccs1)c1cnccc1C(F)(F)F. The lowest BCUT2D eigenvalue weighted by atomic mass is 10.00. The summed E-state index contributed by atoms with van der Waals surface area (Å²) in [5, 5.41) is 1.87. The number of halogens is 3. The van der Waals surface area contributed by atoms with Crippen LogP contribution in [0.1, 0.15) is 22.0 Å². The van der Waals surface area contributed by atoms with Gasteiger partial charge in [-0.25, -0.2) is 0 Å². The van der Waals surface area contributed by atoms with E-state index in [2.05, 4.69) is 10.4 Å². The number of aromatic nitrogens is 1. The van der Waals surface area contributed by atoms with Crippen LogP contribution in [0.25, 0.3) is 0 Å². The summed E-state index contributed by atoms with van der Waals surface area (Å²) < 4.78 is 38.8. The Morgan fingerprint density at radius 1 is 1.37 bits per heavy atom. The third-order valence-electron chi connectivity index (χ3n) is 2.72. The molecule has 1 atom stereocenters. The highest BCUT2D eigenvalue weighted by Gasteiger charge is 2.35. The van der Waals surface area contributed by atoms with E-state index >= 15 is 0 Å². The zero-order valence-corrected chi connectivity index (χ0v) is 10.6. The van der Waals surface area contributed by atoms with E-state index in [1.165, 1.54) is 17.5 Å². The van der Waals surface area contributed by atoms with Gasteiger partial charge in [-0.3, -0.25) is 16.3 Å². The number of nitrogens with two attached hydrogens (primary N) is 1. The van der Waals surface area contributed by atoms with Crippen LogP contribution in [-0.4, -0.2) is 4.98 Å². The topological polar surface area (TPSA) is 50.9 Å². The molecule has 0 saturated carbocycles. The van der Waals surface area contributed by atoms with Crippen LogP contribution >= 0.6 is 11.3 Å². The fourth-order valence-electron chi connectivity index (χ4n) is 1.83. The number of nitrogens with one attached hydrogen (secondary N) is 1. The summed E-state index contributed by atoms with van der Waals surface area (Å²) in [7, 11) is 0. The molecule has 2 aromatic heterocycles. The molecule has 0 aliphatic rings. The van der Waals surface area contributed by atoms with E-state index in [1.807, 2.05) is 17.5 Å². The van der Waals surface area contributed by atoms with Crippen LogP contribution in [0.4, 0.5) is 13.2 Å². The Labute approximate surface area is 112 Å². The Hall–Kier alpha value is -1.44. The van der Waals surface area contributed by atoms with E-state index in [0.717, 1.165) is 17.1 Å². The summed E-state index contributed by atoms with van der Waals surface area (Å²) in [5.41, 5.74) is 1.79.